The molecule has 3 rings (SSSR count). The number of guanidine groups is 1. The lowest BCUT2D eigenvalue weighted by Gasteiger charge is -2.36. The molecule has 0 aliphatic carbocycles. The molecule has 1 amide bonds. The molecule has 2 aliphatic rings. The first kappa shape index (κ1) is 26.7. The third-order valence-corrected chi connectivity index (χ3v) is 6.24. The molecule has 0 atom stereocenters. The summed E-state index contributed by atoms with van der Waals surface area (Å²) in [5, 5.41) is 3.42. The molecule has 0 radical (unpaired) electrons. The maximum atomic E-state index is 11.5. The summed E-state index contributed by atoms with van der Waals surface area (Å²) in [6.07, 6.45) is 2.30. The zero-order valence-corrected chi connectivity index (χ0v) is 22.4. The number of aliphatic imine (C=N–C) groups is 1. The van der Waals surface area contributed by atoms with E-state index in [0.29, 0.717) is 0 Å². The van der Waals surface area contributed by atoms with E-state index in [1.807, 2.05) is 4.90 Å². The van der Waals surface area contributed by atoms with Gasteiger partial charge in [-0.05, 0) is 50.9 Å². The van der Waals surface area contributed by atoms with Gasteiger partial charge in [0.1, 0.15) is 0 Å². The van der Waals surface area contributed by atoms with Crippen LogP contribution < -0.4 is 10.2 Å². The number of nitrogens with zero attached hydrogens (tertiary/aromatic N) is 5. The van der Waals surface area contributed by atoms with Crippen LogP contribution in [0.1, 0.15) is 32.3 Å². The van der Waals surface area contributed by atoms with Crippen molar-refractivity contribution < 1.29 is 4.79 Å². The fourth-order valence-corrected chi connectivity index (χ4v) is 4.35. The first-order valence-electron chi connectivity index (χ1n) is 11.9. The summed E-state index contributed by atoms with van der Waals surface area (Å²) in [5.41, 5.74) is 2.69. The second-order valence-corrected chi connectivity index (χ2v) is 8.60. The molecule has 1 aromatic rings. The zero-order chi connectivity index (χ0) is 22.1. The van der Waals surface area contributed by atoms with E-state index >= 15 is 0 Å². The lowest BCUT2D eigenvalue weighted by Crippen LogP contribution is -2.53. The molecular weight excluding hydrogens is 515 g/mol. The maximum Gasteiger partial charge on any atom is 0.219 e. The second-order valence-electron chi connectivity index (χ2n) is 8.60. The Kier molecular flexibility index (Phi) is 11.6. The summed E-state index contributed by atoms with van der Waals surface area (Å²) in [6, 6.07) is 8.83. The van der Waals surface area contributed by atoms with Crippen molar-refractivity contribution in [1.82, 2.24) is 20.0 Å². The molecule has 0 aromatic heterocycles. The van der Waals surface area contributed by atoms with Crippen molar-refractivity contribution in [2.45, 2.75) is 33.6 Å². The molecule has 32 heavy (non-hydrogen) atoms. The van der Waals surface area contributed by atoms with Crippen LogP contribution in [0.5, 0.6) is 0 Å². The molecule has 180 valence electrons. The van der Waals surface area contributed by atoms with Gasteiger partial charge in [-0.2, -0.15) is 0 Å². The van der Waals surface area contributed by atoms with Crippen LogP contribution in [0.25, 0.3) is 0 Å². The maximum absolute atomic E-state index is 11.5. The fraction of sp³-hybridized carbons (Fsp3) is 0.667. The number of benzene rings is 1. The van der Waals surface area contributed by atoms with Gasteiger partial charge in [-0.3, -0.25) is 14.7 Å². The summed E-state index contributed by atoms with van der Waals surface area (Å²) in [5.74, 6) is 1.17. The minimum absolute atomic E-state index is 0. The van der Waals surface area contributed by atoms with E-state index in [1.54, 1.807) is 6.92 Å². The molecule has 0 saturated carbocycles. The van der Waals surface area contributed by atoms with Crippen molar-refractivity contribution in [1.29, 1.82) is 0 Å². The monoisotopic (exact) mass is 556 g/mol. The molecule has 8 heteroatoms. The Morgan fingerprint density at radius 2 is 1.69 bits per heavy atom. The van der Waals surface area contributed by atoms with Crippen molar-refractivity contribution in [2.24, 2.45) is 4.99 Å². The molecule has 2 heterocycles. The largest absolute Gasteiger partial charge is 0.369 e. The highest BCUT2D eigenvalue weighted by Gasteiger charge is 2.21. The van der Waals surface area contributed by atoms with Crippen molar-refractivity contribution in [3.05, 3.63) is 29.8 Å². The molecular formula is C24H41IN6O. The Balaban J connectivity index is 0.00000363. The molecule has 7 nitrogen and oxygen atoms in total. The number of halogens is 1. The minimum atomic E-state index is 0. The standard InChI is InChI=1S/C24H40N6O.HI/c1-4-25-24(30-18-16-28(17-19-30)22(3)31)26-10-5-6-11-27-12-14-29(15-13-27)23-9-7-8-21(2)20-23;/h7-9,20H,4-6,10-19H2,1-3H3,(H,25,26);1H. The number of amides is 1. The Hall–Kier alpha value is -1.55. The van der Waals surface area contributed by atoms with E-state index in [2.05, 4.69) is 58.1 Å². The van der Waals surface area contributed by atoms with E-state index in [9.17, 15) is 4.79 Å². The summed E-state index contributed by atoms with van der Waals surface area (Å²) < 4.78 is 0. The van der Waals surface area contributed by atoms with Crippen molar-refractivity contribution >= 4 is 41.5 Å². The number of carbonyl (C=O) groups excluding carboxylic acids is 1. The van der Waals surface area contributed by atoms with Crippen molar-refractivity contribution in [3.63, 3.8) is 0 Å². The Bertz CT molecular complexity index is 727. The number of anilines is 1. The number of piperazine rings is 2. The summed E-state index contributed by atoms with van der Waals surface area (Å²) in [4.78, 5) is 25.7. The van der Waals surface area contributed by atoms with E-state index in [-0.39, 0.29) is 29.9 Å². The zero-order valence-electron chi connectivity index (χ0n) is 20.1. The molecule has 1 N–H and O–H groups in total. The molecule has 2 saturated heterocycles. The number of nitrogens with one attached hydrogen (secondary N) is 1. The van der Waals surface area contributed by atoms with Gasteiger partial charge in [0.15, 0.2) is 5.96 Å². The average molecular weight is 557 g/mol. The van der Waals surface area contributed by atoms with Gasteiger partial charge in [0, 0.05) is 78.1 Å². The molecule has 0 unspecified atom stereocenters. The highest BCUT2D eigenvalue weighted by molar-refractivity contribution is 14.0. The van der Waals surface area contributed by atoms with E-state index in [4.69, 9.17) is 4.99 Å². The molecule has 0 bridgehead atoms. The van der Waals surface area contributed by atoms with Gasteiger partial charge in [-0.15, -0.1) is 24.0 Å². The number of hydrogen-bond acceptors (Lipinski definition) is 4. The van der Waals surface area contributed by atoms with Gasteiger partial charge in [-0.25, -0.2) is 0 Å². The summed E-state index contributed by atoms with van der Waals surface area (Å²) in [6.45, 7) is 16.6. The topological polar surface area (TPSA) is 54.4 Å². The SMILES string of the molecule is CCNC(=NCCCCN1CCN(c2cccc(C)c2)CC1)N1CCN(C(C)=O)CC1.I. The van der Waals surface area contributed by atoms with Crippen LogP contribution in [0.4, 0.5) is 5.69 Å². The highest BCUT2D eigenvalue weighted by Crippen LogP contribution is 2.18. The quantitative estimate of drug-likeness (QED) is 0.242. The van der Waals surface area contributed by atoms with Gasteiger partial charge < -0.3 is 20.0 Å². The third kappa shape index (κ3) is 8.10. The van der Waals surface area contributed by atoms with Crippen LogP contribution in [0.3, 0.4) is 0 Å². The Morgan fingerprint density at radius 3 is 2.31 bits per heavy atom. The number of carbonyl (C=O) groups is 1. The predicted octanol–water partition coefficient (Wildman–Crippen LogP) is 2.64. The number of hydrogen-bond donors (Lipinski definition) is 1. The lowest BCUT2D eigenvalue weighted by atomic mass is 10.2. The molecule has 0 spiro atoms. The van der Waals surface area contributed by atoms with E-state index in [1.165, 1.54) is 17.7 Å². The van der Waals surface area contributed by atoms with Gasteiger partial charge >= 0.3 is 0 Å². The van der Waals surface area contributed by atoms with Gasteiger partial charge in [-0.1, -0.05) is 12.1 Å². The van der Waals surface area contributed by atoms with Crippen molar-refractivity contribution in [3.8, 4) is 0 Å². The van der Waals surface area contributed by atoms with Crippen LogP contribution >= 0.6 is 24.0 Å². The summed E-state index contributed by atoms with van der Waals surface area (Å²) >= 11 is 0. The van der Waals surface area contributed by atoms with Crippen LogP contribution in [-0.4, -0.2) is 98.6 Å². The normalized spacial score (nSPS) is 17.8. The van der Waals surface area contributed by atoms with Gasteiger partial charge in [0.25, 0.3) is 0 Å². The number of aryl methyl sites for hydroxylation is 1. The third-order valence-electron chi connectivity index (χ3n) is 6.24. The second kappa shape index (κ2) is 13.9. The lowest BCUT2D eigenvalue weighted by molar-refractivity contribution is -0.130. The molecule has 2 aliphatic heterocycles. The average Bonchev–Trinajstić information content (AvgIpc) is 2.78. The minimum Gasteiger partial charge on any atom is -0.369 e. The van der Waals surface area contributed by atoms with E-state index in [0.717, 1.165) is 84.4 Å². The Labute approximate surface area is 211 Å². The molecule has 1 aromatic carbocycles. The van der Waals surface area contributed by atoms with E-state index < -0.39 is 0 Å². The molecule has 2 fully saturated rings. The first-order chi connectivity index (χ1) is 15.1. The van der Waals surface area contributed by atoms with Gasteiger partial charge in [0.05, 0.1) is 0 Å². The summed E-state index contributed by atoms with van der Waals surface area (Å²) in [7, 11) is 0. The van der Waals surface area contributed by atoms with Crippen LogP contribution in [0.2, 0.25) is 0 Å². The number of unbranched alkanes of at least 4 members (excludes halogenated alkanes) is 1. The highest BCUT2D eigenvalue weighted by atomic mass is 127. The van der Waals surface area contributed by atoms with Crippen molar-refractivity contribution in [2.75, 3.05) is 76.9 Å². The smallest absolute Gasteiger partial charge is 0.219 e. The van der Waals surface area contributed by atoms with Crippen LogP contribution in [0.15, 0.2) is 29.3 Å². The number of rotatable bonds is 7. The first-order valence-corrected chi connectivity index (χ1v) is 11.9. The fourth-order valence-electron chi connectivity index (χ4n) is 4.35. The predicted molar refractivity (Wildman–Crippen MR) is 144 cm³/mol. The van der Waals surface area contributed by atoms with Gasteiger partial charge in [0.2, 0.25) is 5.91 Å². The van der Waals surface area contributed by atoms with Crippen LogP contribution in [-0.2, 0) is 4.79 Å². The Morgan fingerprint density at radius 1 is 1.00 bits per heavy atom. The van der Waals surface area contributed by atoms with Crippen LogP contribution in [0, 0.1) is 6.92 Å².